The number of carbonyl (C=O) groups is 1. The molecule has 1 atom stereocenters. The van der Waals surface area contributed by atoms with E-state index in [-0.39, 0.29) is 23.0 Å². The third-order valence-corrected chi connectivity index (χ3v) is 6.64. The third kappa shape index (κ3) is 3.85. The van der Waals surface area contributed by atoms with Crippen LogP contribution in [0, 0.1) is 5.41 Å². The number of aromatic nitrogens is 3. The van der Waals surface area contributed by atoms with Gasteiger partial charge >= 0.3 is 0 Å². The van der Waals surface area contributed by atoms with E-state index in [1.54, 1.807) is 23.9 Å². The number of Topliss-reactive ketones (excluding diaryl/α,β-unsaturated/α-hetero) is 1. The highest BCUT2D eigenvalue weighted by Crippen LogP contribution is 2.45. The zero-order valence-corrected chi connectivity index (χ0v) is 18.3. The molecule has 0 amide bonds. The van der Waals surface area contributed by atoms with E-state index < -0.39 is 0 Å². The van der Waals surface area contributed by atoms with Crippen molar-refractivity contribution in [2.24, 2.45) is 5.41 Å². The Morgan fingerprint density at radius 3 is 2.61 bits per heavy atom. The summed E-state index contributed by atoms with van der Waals surface area (Å²) in [5.74, 6) is 1.75. The highest BCUT2D eigenvalue weighted by atomic mass is 32.2. The van der Waals surface area contributed by atoms with Crippen LogP contribution in [0.3, 0.4) is 0 Å². The number of thioether (sulfide) groups is 1. The number of hydrogen-bond donors (Lipinski definition) is 2. The van der Waals surface area contributed by atoms with Gasteiger partial charge in [0.2, 0.25) is 11.1 Å². The monoisotopic (exact) mass is 432 g/mol. The van der Waals surface area contributed by atoms with Crippen LogP contribution in [-0.4, -0.2) is 25.7 Å². The van der Waals surface area contributed by atoms with Crippen LogP contribution >= 0.6 is 11.8 Å². The minimum Gasteiger partial charge on any atom is -0.508 e. The molecule has 0 spiro atoms. The number of anilines is 1. The molecule has 2 aromatic carbocycles. The quantitative estimate of drug-likeness (QED) is 0.569. The zero-order chi connectivity index (χ0) is 21.6. The Bertz CT molecular complexity index is 1170. The number of carbonyl (C=O) groups excluding carboxylic acids is 1. The van der Waals surface area contributed by atoms with Gasteiger partial charge < -0.3 is 10.4 Å². The smallest absolute Gasteiger partial charge is 0.227 e. The number of phenolic OH excluding ortho intramolecular Hbond substituents is 1. The maximum Gasteiger partial charge on any atom is 0.227 e. The van der Waals surface area contributed by atoms with Crippen LogP contribution in [0.1, 0.15) is 43.9 Å². The van der Waals surface area contributed by atoms with E-state index >= 15 is 0 Å². The number of nitrogens with zero attached hydrogens (tertiary/aromatic N) is 3. The average molecular weight is 433 g/mol. The molecule has 0 unspecified atom stereocenters. The molecule has 2 N–H and O–H groups in total. The van der Waals surface area contributed by atoms with Crippen molar-refractivity contribution in [3.63, 3.8) is 0 Å². The predicted molar refractivity (Wildman–Crippen MR) is 121 cm³/mol. The molecule has 0 radical (unpaired) electrons. The second kappa shape index (κ2) is 7.57. The maximum atomic E-state index is 13.2. The number of rotatable bonds is 4. The Balaban J connectivity index is 1.54. The van der Waals surface area contributed by atoms with Gasteiger partial charge in [0.25, 0.3) is 0 Å². The van der Waals surface area contributed by atoms with Gasteiger partial charge in [0.1, 0.15) is 11.8 Å². The number of aromatic hydroxyl groups is 1. The van der Waals surface area contributed by atoms with Gasteiger partial charge in [0.15, 0.2) is 5.78 Å². The average Bonchev–Trinajstić information content (AvgIpc) is 3.14. The molecular weight excluding hydrogens is 408 g/mol. The Hall–Kier alpha value is -3.06. The molecule has 2 heterocycles. The summed E-state index contributed by atoms with van der Waals surface area (Å²) in [7, 11) is 0. The van der Waals surface area contributed by atoms with Crippen LogP contribution in [0.4, 0.5) is 5.95 Å². The lowest BCUT2D eigenvalue weighted by atomic mass is 9.73. The second-order valence-electron chi connectivity index (χ2n) is 8.89. The molecule has 1 aliphatic carbocycles. The number of hydrogen-bond acceptors (Lipinski definition) is 6. The van der Waals surface area contributed by atoms with E-state index in [1.165, 1.54) is 5.56 Å². The fraction of sp³-hybridized carbons (Fsp3) is 0.292. The fourth-order valence-electron chi connectivity index (χ4n) is 4.34. The molecular formula is C24H24N4O2S. The molecule has 2 aliphatic rings. The van der Waals surface area contributed by atoms with Gasteiger partial charge in [-0.1, -0.05) is 68.1 Å². The van der Waals surface area contributed by atoms with Crippen molar-refractivity contribution in [3.8, 4) is 5.75 Å². The molecule has 3 aromatic rings. The Morgan fingerprint density at radius 1 is 1.13 bits per heavy atom. The van der Waals surface area contributed by atoms with Crippen LogP contribution in [0.2, 0.25) is 0 Å². The van der Waals surface area contributed by atoms with Gasteiger partial charge in [0.05, 0.1) is 0 Å². The van der Waals surface area contributed by atoms with E-state index in [9.17, 15) is 9.90 Å². The van der Waals surface area contributed by atoms with Crippen molar-refractivity contribution in [1.29, 1.82) is 0 Å². The molecule has 158 valence electrons. The van der Waals surface area contributed by atoms with Crippen molar-refractivity contribution in [2.45, 2.75) is 43.6 Å². The summed E-state index contributed by atoms with van der Waals surface area (Å²) in [4.78, 5) is 17.9. The maximum absolute atomic E-state index is 13.2. The van der Waals surface area contributed by atoms with E-state index in [4.69, 9.17) is 10.1 Å². The standard InChI is InChI=1S/C24H24N4O2S/c1-24(2)12-18-20(19(30)13-24)21(16-8-10-17(29)11-9-16)28-22(25-18)26-23(27-28)31-14-15-6-4-3-5-7-15/h3-11,21,29H,12-14H2,1-2H3,(H,25,26,27)/t21-/m0/s1. The molecule has 0 saturated carbocycles. The van der Waals surface area contributed by atoms with Crippen LogP contribution in [0.5, 0.6) is 5.75 Å². The molecule has 0 bridgehead atoms. The highest BCUT2D eigenvalue weighted by Gasteiger charge is 2.41. The summed E-state index contributed by atoms with van der Waals surface area (Å²) in [6, 6.07) is 16.9. The molecule has 7 heteroatoms. The number of allylic oxidation sites excluding steroid dienone is 2. The summed E-state index contributed by atoms with van der Waals surface area (Å²) >= 11 is 1.57. The topological polar surface area (TPSA) is 80.0 Å². The summed E-state index contributed by atoms with van der Waals surface area (Å²) in [6.07, 6.45) is 1.28. The number of phenols is 1. The van der Waals surface area contributed by atoms with E-state index in [0.29, 0.717) is 17.5 Å². The van der Waals surface area contributed by atoms with E-state index in [1.807, 2.05) is 35.0 Å². The molecule has 6 nitrogen and oxygen atoms in total. The first-order valence-electron chi connectivity index (χ1n) is 10.4. The fourth-order valence-corrected chi connectivity index (χ4v) is 5.12. The molecule has 0 saturated heterocycles. The van der Waals surface area contributed by atoms with E-state index in [2.05, 4.69) is 31.3 Å². The molecule has 31 heavy (non-hydrogen) atoms. The second-order valence-corrected chi connectivity index (χ2v) is 9.83. The van der Waals surface area contributed by atoms with Crippen molar-refractivity contribution in [3.05, 3.63) is 77.0 Å². The van der Waals surface area contributed by atoms with Crippen molar-refractivity contribution in [1.82, 2.24) is 14.8 Å². The molecule has 1 aliphatic heterocycles. The number of nitrogens with one attached hydrogen (secondary N) is 1. The molecule has 5 rings (SSSR count). The minimum absolute atomic E-state index is 0.102. The van der Waals surface area contributed by atoms with Gasteiger partial charge in [-0.15, -0.1) is 5.10 Å². The SMILES string of the molecule is CC1(C)CC(=O)C2=C(C1)Nc1nc(SCc3ccccc3)nn1[C@H]2c1ccc(O)cc1. The summed E-state index contributed by atoms with van der Waals surface area (Å²) < 4.78 is 1.81. The minimum atomic E-state index is -0.353. The summed E-state index contributed by atoms with van der Waals surface area (Å²) in [5, 5.41) is 18.6. The lowest BCUT2D eigenvalue weighted by molar-refractivity contribution is -0.118. The highest BCUT2D eigenvalue weighted by molar-refractivity contribution is 7.98. The van der Waals surface area contributed by atoms with Crippen LogP contribution in [0.15, 0.2) is 71.0 Å². The Labute approximate surface area is 185 Å². The van der Waals surface area contributed by atoms with Crippen molar-refractivity contribution in [2.75, 3.05) is 5.32 Å². The largest absolute Gasteiger partial charge is 0.508 e. The lowest BCUT2D eigenvalue weighted by Crippen LogP contribution is -2.36. The van der Waals surface area contributed by atoms with Crippen molar-refractivity contribution < 1.29 is 9.90 Å². The first-order chi connectivity index (χ1) is 14.9. The van der Waals surface area contributed by atoms with Crippen molar-refractivity contribution >= 4 is 23.5 Å². The van der Waals surface area contributed by atoms with Crippen LogP contribution in [-0.2, 0) is 10.5 Å². The molecule has 0 fully saturated rings. The lowest BCUT2D eigenvalue weighted by Gasteiger charge is -2.38. The first-order valence-corrected chi connectivity index (χ1v) is 11.3. The number of benzene rings is 2. The first kappa shape index (κ1) is 19.9. The van der Waals surface area contributed by atoms with Gasteiger partial charge in [-0.3, -0.25) is 4.79 Å². The van der Waals surface area contributed by atoms with Gasteiger partial charge in [-0.2, -0.15) is 4.98 Å². The molecule has 1 aromatic heterocycles. The predicted octanol–water partition coefficient (Wildman–Crippen LogP) is 4.93. The van der Waals surface area contributed by atoms with Crippen LogP contribution < -0.4 is 5.32 Å². The van der Waals surface area contributed by atoms with E-state index in [0.717, 1.165) is 29.0 Å². The zero-order valence-electron chi connectivity index (χ0n) is 17.5. The number of fused-ring (bicyclic) bond motifs is 1. The van der Waals surface area contributed by atoms with Gasteiger partial charge in [-0.25, -0.2) is 4.68 Å². The summed E-state index contributed by atoms with van der Waals surface area (Å²) in [6.45, 7) is 4.23. The van der Waals surface area contributed by atoms with Gasteiger partial charge in [0, 0.05) is 23.4 Å². The summed E-state index contributed by atoms with van der Waals surface area (Å²) in [5.41, 5.74) is 3.69. The Kier molecular flexibility index (Phi) is 4.85. The normalized spacial score (nSPS) is 19.5. The Morgan fingerprint density at radius 2 is 1.87 bits per heavy atom. The third-order valence-electron chi connectivity index (χ3n) is 5.73. The van der Waals surface area contributed by atoms with Gasteiger partial charge in [-0.05, 0) is 35.1 Å². The van der Waals surface area contributed by atoms with Crippen LogP contribution in [0.25, 0.3) is 0 Å². The number of ketones is 1.